The summed E-state index contributed by atoms with van der Waals surface area (Å²) in [6, 6.07) is 5.05. The molecule has 0 saturated carbocycles. The number of rotatable bonds is 5. The van der Waals surface area contributed by atoms with E-state index in [2.05, 4.69) is 15.3 Å². The highest BCUT2D eigenvalue weighted by Crippen LogP contribution is 2.24. The van der Waals surface area contributed by atoms with Crippen LogP contribution in [0.5, 0.6) is 0 Å². The lowest BCUT2D eigenvalue weighted by atomic mass is 10.1. The quantitative estimate of drug-likeness (QED) is 0.568. The van der Waals surface area contributed by atoms with Gasteiger partial charge in [-0.2, -0.15) is 0 Å². The maximum Gasteiger partial charge on any atom is 0.241 e. The average molecular weight is 310 g/mol. The highest BCUT2D eigenvalue weighted by molar-refractivity contribution is 7.89. The van der Waals surface area contributed by atoms with Gasteiger partial charge >= 0.3 is 0 Å². The Morgan fingerprint density at radius 1 is 1.19 bits per heavy atom. The molecular formula is C13H18N4O3S. The molecule has 0 bridgehead atoms. The number of aromatic nitrogens is 1. The molecule has 0 unspecified atom stereocenters. The molecular weight excluding hydrogens is 292 g/mol. The van der Waals surface area contributed by atoms with Gasteiger partial charge in [0.05, 0.1) is 17.1 Å². The van der Waals surface area contributed by atoms with E-state index in [4.69, 9.17) is 10.4 Å². The van der Waals surface area contributed by atoms with Gasteiger partial charge in [-0.1, -0.05) is 5.16 Å². The summed E-state index contributed by atoms with van der Waals surface area (Å²) >= 11 is 0. The Labute approximate surface area is 123 Å². The lowest BCUT2D eigenvalue weighted by Crippen LogP contribution is -2.25. The fourth-order valence-electron chi connectivity index (χ4n) is 2.20. The van der Waals surface area contributed by atoms with Crippen LogP contribution in [0.25, 0.3) is 0 Å². The zero-order chi connectivity index (χ0) is 15.6. The highest BCUT2D eigenvalue weighted by atomic mass is 32.2. The summed E-state index contributed by atoms with van der Waals surface area (Å²) in [7, 11) is -3.64. The Balaban J connectivity index is 2.27. The number of aryl methyl sites for hydroxylation is 3. The van der Waals surface area contributed by atoms with E-state index in [0.717, 1.165) is 0 Å². The monoisotopic (exact) mass is 310 g/mol. The number of hydrogen-bond acceptors (Lipinski definition) is 6. The first kappa shape index (κ1) is 15.5. The van der Waals surface area contributed by atoms with E-state index in [1.165, 1.54) is 0 Å². The van der Waals surface area contributed by atoms with Crippen LogP contribution < -0.4 is 16.0 Å². The minimum atomic E-state index is -3.64. The van der Waals surface area contributed by atoms with Crippen molar-refractivity contribution in [3.05, 3.63) is 40.8 Å². The van der Waals surface area contributed by atoms with Crippen molar-refractivity contribution in [1.29, 1.82) is 0 Å². The van der Waals surface area contributed by atoms with Crippen LogP contribution in [0.1, 0.15) is 22.6 Å². The molecule has 0 aliphatic carbocycles. The van der Waals surface area contributed by atoms with Crippen LogP contribution in [0.3, 0.4) is 0 Å². The van der Waals surface area contributed by atoms with Gasteiger partial charge in [0, 0.05) is 11.8 Å². The molecule has 1 heterocycles. The van der Waals surface area contributed by atoms with E-state index < -0.39 is 10.0 Å². The summed E-state index contributed by atoms with van der Waals surface area (Å²) in [5, 5.41) is 3.72. The van der Waals surface area contributed by atoms with Gasteiger partial charge in [0.15, 0.2) is 5.76 Å². The van der Waals surface area contributed by atoms with Crippen LogP contribution in [-0.4, -0.2) is 13.6 Å². The number of nitrogens with two attached hydrogens (primary N) is 1. The number of hydrogen-bond donors (Lipinski definition) is 3. The van der Waals surface area contributed by atoms with E-state index >= 15 is 0 Å². The Bertz CT molecular complexity index is 730. The van der Waals surface area contributed by atoms with Crippen molar-refractivity contribution in [2.45, 2.75) is 32.2 Å². The van der Waals surface area contributed by atoms with Gasteiger partial charge in [-0.25, -0.2) is 13.1 Å². The van der Waals surface area contributed by atoms with E-state index in [1.807, 2.05) is 0 Å². The normalized spacial score (nSPS) is 11.6. The topological polar surface area (TPSA) is 110 Å². The van der Waals surface area contributed by atoms with Crippen molar-refractivity contribution in [2.75, 3.05) is 5.43 Å². The molecule has 0 spiro atoms. The molecule has 1 aromatic heterocycles. The molecule has 0 aliphatic heterocycles. The first-order chi connectivity index (χ1) is 9.83. The van der Waals surface area contributed by atoms with E-state index in [-0.39, 0.29) is 11.4 Å². The van der Waals surface area contributed by atoms with Crippen molar-refractivity contribution < 1.29 is 12.9 Å². The average Bonchev–Trinajstić information content (AvgIpc) is 2.81. The van der Waals surface area contributed by atoms with Gasteiger partial charge in [-0.05, 0) is 44.0 Å². The van der Waals surface area contributed by atoms with Crippen molar-refractivity contribution >= 4 is 15.7 Å². The second-order valence-corrected chi connectivity index (χ2v) is 6.55. The molecule has 8 heteroatoms. The second-order valence-electron chi connectivity index (χ2n) is 4.84. The Hall–Kier alpha value is -1.90. The summed E-state index contributed by atoms with van der Waals surface area (Å²) in [5.41, 5.74) is 5.10. The van der Waals surface area contributed by atoms with Crippen LogP contribution >= 0.6 is 0 Å². The number of sulfonamides is 1. The molecule has 114 valence electrons. The number of hydrazine groups is 1. The van der Waals surface area contributed by atoms with Crippen LogP contribution in [0.2, 0.25) is 0 Å². The predicted molar refractivity (Wildman–Crippen MR) is 79.0 cm³/mol. The van der Waals surface area contributed by atoms with Crippen LogP contribution in [-0.2, 0) is 16.6 Å². The molecule has 1 aromatic carbocycles. The third-order valence-corrected chi connectivity index (χ3v) is 4.71. The Morgan fingerprint density at radius 2 is 1.81 bits per heavy atom. The number of nitrogens with zero attached hydrogens (tertiary/aromatic N) is 1. The summed E-state index contributed by atoms with van der Waals surface area (Å²) < 4.78 is 32.4. The van der Waals surface area contributed by atoms with Crippen LogP contribution in [0, 0.1) is 20.8 Å². The third kappa shape index (κ3) is 3.41. The lowest BCUT2D eigenvalue weighted by molar-refractivity contribution is 0.377. The summed E-state index contributed by atoms with van der Waals surface area (Å²) in [6.45, 7) is 5.27. The molecule has 21 heavy (non-hydrogen) atoms. The molecule has 2 rings (SSSR count). The zero-order valence-corrected chi connectivity index (χ0v) is 12.9. The molecule has 2 aromatic rings. The minimum Gasteiger partial charge on any atom is -0.360 e. The highest BCUT2D eigenvalue weighted by Gasteiger charge is 2.20. The second kappa shape index (κ2) is 5.84. The molecule has 7 nitrogen and oxygen atoms in total. The number of benzene rings is 1. The molecule has 4 N–H and O–H groups in total. The molecule has 0 fully saturated rings. The molecule has 0 atom stereocenters. The number of nitrogen functional groups attached to an aromatic ring is 1. The van der Waals surface area contributed by atoms with E-state index in [9.17, 15) is 8.42 Å². The minimum absolute atomic E-state index is 0.0545. The fourth-order valence-corrected chi connectivity index (χ4v) is 3.64. The fraction of sp³-hybridized carbons (Fsp3) is 0.308. The zero-order valence-electron chi connectivity index (χ0n) is 12.1. The number of nitrogens with one attached hydrogen (secondary N) is 2. The van der Waals surface area contributed by atoms with Gasteiger partial charge in [0.25, 0.3) is 0 Å². The lowest BCUT2D eigenvalue weighted by Gasteiger charge is -2.13. The maximum atomic E-state index is 12.4. The predicted octanol–water partition coefficient (Wildman–Crippen LogP) is 1.36. The van der Waals surface area contributed by atoms with Gasteiger partial charge in [0.2, 0.25) is 10.0 Å². The molecule has 0 aliphatic rings. The maximum absolute atomic E-state index is 12.4. The van der Waals surface area contributed by atoms with Crippen molar-refractivity contribution in [3.63, 3.8) is 0 Å². The van der Waals surface area contributed by atoms with Gasteiger partial charge in [-0.3, -0.25) is 5.84 Å². The summed E-state index contributed by atoms with van der Waals surface area (Å²) in [4.78, 5) is 0.248. The Kier molecular flexibility index (Phi) is 4.31. The molecule has 0 saturated heterocycles. The van der Waals surface area contributed by atoms with Gasteiger partial charge in [0.1, 0.15) is 0 Å². The molecule has 0 amide bonds. The SMILES string of the molecule is Cc1cc(CNS(=O)(=O)c2c(C)cc(NN)cc2C)on1. The molecule has 0 radical (unpaired) electrons. The van der Waals surface area contributed by atoms with E-state index in [0.29, 0.717) is 28.3 Å². The first-order valence-electron chi connectivity index (χ1n) is 6.33. The number of anilines is 1. The van der Waals surface area contributed by atoms with Gasteiger partial charge in [-0.15, -0.1) is 0 Å². The Morgan fingerprint density at radius 3 is 2.29 bits per heavy atom. The largest absolute Gasteiger partial charge is 0.360 e. The van der Waals surface area contributed by atoms with E-state index in [1.54, 1.807) is 39.0 Å². The summed E-state index contributed by atoms with van der Waals surface area (Å²) in [5.74, 6) is 5.81. The van der Waals surface area contributed by atoms with Crippen LogP contribution in [0.15, 0.2) is 27.6 Å². The van der Waals surface area contributed by atoms with Crippen LogP contribution in [0.4, 0.5) is 5.69 Å². The van der Waals surface area contributed by atoms with Crippen molar-refractivity contribution in [1.82, 2.24) is 9.88 Å². The first-order valence-corrected chi connectivity index (χ1v) is 7.81. The summed E-state index contributed by atoms with van der Waals surface area (Å²) in [6.07, 6.45) is 0. The van der Waals surface area contributed by atoms with Crippen molar-refractivity contribution in [3.8, 4) is 0 Å². The third-order valence-electron chi connectivity index (χ3n) is 3.01. The standard InChI is InChI=1S/C13H18N4O3S/c1-8-4-11(16-14)5-9(2)13(8)21(18,19)15-7-12-6-10(3)17-20-12/h4-6,15-16H,7,14H2,1-3H3. The smallest absolute Gasteiger partial charge is 0.241 e. The van der Waals surface area contributed by atoms with Crippen molar-refractivity contribution in [2.24, 2.45) is 5.84 Å². The van der Waals surface area contributed by atoms with Gasteiger partial charge < -0.3 is 9.95 Å².